The van der Waals surface area contributed by atoms with Gasteiger partial charge in [0.2, 0.25) is 11.1 Å². The zero-order valence-electron chi connectivity index (χ0n) is 19.0. The fourth-order valence-electron chi connectivity index (χ4n) is 3.83. The van der Waals surface area contributed by atoms with Crippen LogP contribution in [-0.2, 0) is 10.5 Å². The van der Waals surface area contributed by atoms with E-state index >= 15 is 0 Å². The summed E-state index contributed by atoms with van der Waals surface area (Å²) < 4.78 is 1.68. The van der Waals surface area contributed by atoms with E-state index in [1.807, 2.05) is 19.1 Å². The lowest BCUT2D eigenvalue weighted by atomic mass is 9.96. The highest BCUT2D eigenvalue weighted by Crippen LogP contribution is 2.36. The maximum absolute atomic E-state index is 13.4. The van der Waals surface area contributed by atoms with E-state index in [9.17, 15) is 14.9 Å². The van der Waals surface area contributed by atoms with E-state index in [-0.39, 0.29) is 11.6 Å². The van der Waals surface area contributed by atoms with Gasteiger partial charge >= 0.3 is 0 Å². The first kappa shape index (κ1) is 23.2. The minimum absolute atomic E-state index is 0.0430. The molecule has 3 aromatic heterocycles. The highest BCUT2D eigenvalue weighted by molar-refractivity contribution is 7.98. The number of benzene rings is 1. The number of non-ortho nitro benzene ring substituents is 1. The van der Waals surface area contributed by atoms with Gasteiger partial charge in [-0.05, 0) is 36.2 Å². The van der Waals surface area contributed by atoms with E-state index in [0.29, 0.717) is 33.8 Å². The molecule has 2 N–H and O–H groups in total. The van der Waals surface area contributed by atoms with Gasteiger partial charge in [-0.3, -0.25) is 24.9 Å². The Morgan fingerprint density at radius 3 is 2.56 bits per heavy atom. The van der Waals surface area contributed by atoms with Gasteiger partial charge in [-0.25, -0.2) is 4.68 Å². The molecule has 0 spiro atoms. The van der Waals surface area contributed by atoms with Crippen LogP contribution in [0.1, 0.15) is 24.1 Å². The minimum Gasteiger partial charge on any atom is -0.328 e. The van der Waals surface area contributed by atoms with E-state index in [4.69, 9.17) is 0 Å². The molecule has 0 saturated carbocycles. The van der Waals surface area contributed by atoms with Gasteiger partial charge in [-0.15, -0.1) is 5.10 Å². The van der Waals surface area contributed by atoms with Gasteiger partial charge in [0, 0.05) is 42.2 Å². The largest absolute Gasteiger partial charge is 0.328 e. The first-order valence-electron chi connectivity index (χ1n) is 10.9. The number of nitrogens with one attached hydrogen (secondary N) is 2. The highest BCUT2D eigenvalue weighted by atomic mass is 32.2. The zero-order chi connectivity index (χ0) is 25.1. The summed E-state index contributed by atoms with van der Waals surface area (Å²) in [5.41, 5.74) is 3.44. The van der Waals surface area contributed by atoms with Crippen molar-refractivity contribution in [2.75, 3.05) is 10.6 Å². The molecular weight excluding hydrogens is 480 g/mol. The van der Waals surface area contributed by atoms with Crippen molar-refractivity contribution >= 4 is 35.0 Å². The van der Waals surface area contributed by atoms with Crippen molar-refractivity contribution in [1.82, 2.24) is 24.7 Å². The van der Waals surface area contributed by atoms with Crippen LogP contribution in [0.4, 0.5) is 17.3 Å². The van der Waals surface area contributed by atoms with Crippen LogP contribution in [0.25, 0.3) is 0 Å². The van der Waals surface area contributed by atoms with E-state index in [1.165, 1.54) is 23.9 Å². The van der Waals surface area contributed by atoms with Crippen molar-refractivity contribution in [2.45, 2.75) is 23.9 Å². The Kier molecular flexibility index (Phi) is 6.41. The number of anilines is 2. The molecule has 0 radical (unpaired) electrons. The average molecular weight is 501 g/mol. The molecule has 36 heavy (non-hydrogen) atoms. The van der Waals surface area contributed by atoms with Crippen molar-refractivity contribution in [3.8, 4) is 0 Å². The number of aromatic nitrogens is 5. The Morgan fingerprint density at radius 2 is 1.89 bits per heavy atom. The molecule has 1 unspecified atom stereocenters. The molecule has 0 saturated heterocycles. The highest BCUT2D eigenvalue weighted by Gasteiger charge is 2.34. The predicted molar refractivity (Wildman–Crippen MR) is 134 cm³/mol. The number of hydrogen-bond donors (Lipinski definition) is 2. The smallest absolute Gasteiger partial charge is 0.269 e. The lowest BCUT2D eigenvalue weighted by Crippen LogP contribution is -2.31. The maximum Gasteiger partial charge on any atom is 0.269 e. The summed E-state index contributed by atoms with van der Waals surface area (Å²) in [5, 5.41) is 22.2. The fourth-order valence-corrected chi connectivity index (χ4v) is 4.61. The number of nitro benzene ring substituents is 1. The van der Waals surface area contributed by atoms with Gasteiger partial charge in [-0.1, -0.05) is 30.0 Å². The second kappa shape index (κ2) is 9.96. The maximum atomic E-state index is 13.4. The van der Waals surface area contributed by atoms with E-state index < -0.39 is 11.0 Å². The number of hydrogen-bond acceptors (Lipinski definition) is 9. The van der Waals surface area contributed by atoms with Gasteiger partial charge in [0.05, 0.1) is 22.4 Å². The van der Waals surface area contributed by atoms with Crippen molar-refractivity contribution in [2.24, 2.45) is 0 Å². The number of carbonyl (C=O) groups excluding carboxylic acids is 1. The second-order valence-corrected chi connectivity index (χ2v) is 8.87. The van der Waals surface area contributed by atoms with Crippen LogP contribution in [0.3, 0.4) is 0 Å². The number of nitrogens with zero attached hydrogens (tertiary/aromatic N) is 6. The zero-order valence-corrected chi connectivity index (χ0v) is 19.8. The number of pyridine rings is 2. The summed E-state index contributed by atoms with van der Waals surface area (Å²) in [5.74, 6) is 0.744. The van der Waals surface area contributed by atoms with Gasteiger partial charge in [0.1, 0.15) is 6.04 Å². The predicted octanol–water partition coefficient (Wildman–Crippen LogP) is 4.20. The molecule has 4 heterocycles. The molecule has 4 aromatic rings. The number of fused-ring (bicyclic) bond motifs is 1. The third kappa shape index (κ3) is 4.79. The summed E-state index contributed by atoms with van der Waals surface area (Å²) >= 11 is 1.40. The lowest BCUT2D eigenvalue weighted by Gasteiger charge is -2.28. The Bertz CT molecular complexity index is 1440. The number of thioether (sulfide) groups is 1. The van der Waals surface area contributed by atoms with Crippen molar-refractivity contribution in [1.29, 1.82) is 0 Å². The van der Waals surface area contributed by atoms with Crippen LogP contribution >= 0.6 is 11.8 Å². The molecule has 1 amide bonds. The van der Waals surface area contributed by atoms with Crippen LogP contribution in [0.15, 0.2) is 89.7 Å². The molecule has 1 aromatic carbocycles. The van der Waals surface area contributed by atoms with Gasteiger partial charge in [-0.2, -0.15) is 4.98 Å². The summed E-state index contributed by atoms with van der Waals surface area (Å²) in [4.78, 5) is 36.8. The first-order valence-corrected chi connectivity index (χ1v) is 11.9. The van der Waals surface area contributed by atoms with Crippen molar-refractivity contribution in [3.05, 3.63) is 106 Å². The van der Waals surface area contributed by atoms with E-state index in [2.05, 4.69) is 30.7 Å². The molecule has 5 rings (SSSR count). The first-order chi connectivity index (χ1) is 17.5. The van der Waals surface area contributed by atoms with E-state index in [1.54, 1.807) is 53.7 Å². The lowest BCUT2D eigenvalue weighted by molar-refractivity contribution is -0.384. The van der Waals surface area contributed by atoms with Gasteiger partial charge in [0.15, 0.2) is 0 Å². The van der Waals surface area contributed by atoms with Gasteiger partial charge < -0.3 is 10.6 Å². The van der Waals surface area contributed by atoms with Crippen LogP contribution in [0.2, 0.25) is 0 Å². The number of amides is 1. The Hall–Kier alpha value is -4.58. The van der Waals surface area contributed by atoms with Crippen molar-refractivity contribution < 1.29 is 9.72 Å². The van der Waals surface area contributed by atoms with Crippen LogP contribution in [0, 0.1) is 10.1 Å². The number of allylic oxidation sites excluding steroid dienone is 1. The number of carbonyl (C=O) groups is 1. The van der Waals surface area contributed by atoms with Crippen LogP contribution in [-0.4, -0.2) is 35.6 Å². The molecule has 12 heteroatoms. The minimum atomic E-state index is -0.548. The van der Waals surface area contributed by atoms with E-state index in [0.717, 1.165) is 11.1 Å². The monoisotopic (exact) mass is 500 g/mol. The normalized spacial score (nSPS) is 14.6. The third-order valence-corrected chi connectivity index (χ3v) is 6.42. The molecule has 0 fully saturated rings. The number of nitro groups is 1. The molecule has 180 valence electrons. The average Bonchev–Trinajstić information content (AvgIpc) is 3.30. The molecule has 1 aliphatic rings. The second-order valence-electron chi connectivity index (χ2n) is 7.92. The van der Waals surface area contributed by atoms with Crippen LogP contribution in [0.5, 0.6) is 0 Å². The molecule has 1 aliphatic heterocycles. The molecule has 0 bridgehead atoms. The SMILES string of the molecule is CC1=C(C(=O)Nc2cccnc2)C(c2cccnc2)n2nc(SCc3ccc([N+](=O)[O-])cc3)nc2N1. The van der Waals surface area contributed by atoms with Gasteiger partial charge in [0.25, 0.3) is 11.6 Å². The summed E-state index contributed by atoms with van der Waals surface area (Å²) in [7, 11) is 0. The third-order valence-electron chi connectivity index (χ3n) is 5.51. The number of rotatable bonds is 7. The Balaban J connectivity index is 1.43. The fraction of sp³-hybridized carbons (Fsp3) is 0.125. The summed E-state index contributed by atoms with van der Waals surface area (Å²) in [6.45, 7) is 1.82. The standard InChI is InChI=1S/C24H20N8O3S/c1-15-20(22(33)28-18-5-3-11-26-13-18)21(17-4-2-10-25-12-17)31-23(27-15)29-24(30-31)36-14-16-6-8-19(9-7-16)32(34)35/h2-13,21H,14H2,1H3,(H,28,33)(H,27,29,30). The topological polar surface area (TPSA) is 141 Å². The molecule has 0 aliphatic carbocycles. The quantitative estimate of drug-likeness (QED) is 0.217. The summed E-state index contributed by atoms with van der Waals surface area (Å²) in [6, 6.07) is 13.0. The molecule has 1 atom stereocenters. The van der Waals surface area contributed by atoms with Crippen LogP contribution < -0.4 is 10.6 Å². The Labute approximate surface area is 209 Å². The summed E-state index contributed by atoms with van der Waals surface area (Å²) in [6.07, 6.45) is 6.59. The molecule has 11 nitrogen and oxygen atoms in total. The molecular formula is C24H20N8O3S. The Morgan fingerprint density at radius 1 is 1.14 bits per heavy atom. The van der Waals surface area contributed by atoms with Crippen molar-refractivity contribution in [3.63, 3.8) is 0 Å².